The summed E-state index contributed by atoms with van der Waals surface area (Å²) < 4.78 is 46.7. The number of halogens is 3. The summed E-state index contributed by atoms with van der Waals surface area (Å²) in [6, 6.07) is 3.81. The second-order valence-corrected chi connectivity index (χ2v) is 11.2. The number of fused-ring (bicyclic) bond motifs is 2. The molecule has 0 amide bonds. The first-order chi connectivity index (χ1) is 19.6. The van der Waals surface area contributed by atoms with Crippen molar-refractivity contribution in [1.82, 2.24) is 24.5 Å². The van der Waals surface area contributed by atoms with E-state index in [1.165, 1.54) is 10.9 Å². The lowest BCUT2D eigenvalue weighted by molar-refractivity contribution is -0.140. The number of anilines is 1. The molecule has 3 aromatic rings. The third kappa shape index (κ3) is 4.93. The first kappa shape index (κ1) is 27.2. The summed E-state index contributed by atoms with van der Waals surface area (Å²) in [6.07, 6.45) is 4.20. The Morgan fingerprint density at radius 2 is 1.90 bits per heavy atom. The van der Waals surface area contributed by atoms with E-state index in [0.717, 1.165) is 60.2 Å². The second kappa shape index (κ2) is 10.1. The van der Waals surface area contributed by atoms with Gasteiger partial charge in [0.05, 0.1) is 30.1 Å². The number of methoxy groups -OCH3 is 1. The van der Waals surface area contributed by atoms with Crippen molar-refractivity contribution in [2.75, 3.05) is 12.0 Å². The summed E-state index contributed by atoms with van der Waals surface area (Å²) in [4.78, 5) is 24.8. The number of aliphatic imine (C=N–C) groups is 1. The van der Waals surface area contributed by atoms with E-state index >= 15 is 0 Å². The standard InChI is InChI=1S/C29H33F3N8O/c1-15(2)37-19-11-18-8-9-20(23(19)25(33)24-26(16-5-6-16)35-14-36-28(24)41-4)40(18)22-10-7-17(12-34-22)27-38-21(13-39(27)3)29(30,31)32/h7,10,12-16,18,20H,5-6,8-9,11,33H2,1-4H3/b25-23+,37-19?. The van der Waals surface area contributed by atoms with Gasteiger partial charge in [0.1, 0.15) is 18.0 Å². The molecule has 3 aromatic heterocycles. The molecule has 41 heavy (non-hydrogen) atoms. The Labute approximate surface area is 236 Å². The minimum atomic E-state index is -4.51. The fraction of sp³-hybridized carbons (Fsp3) is 0.483. The number of alkyl halides is 3. The Morgan fingerprint density at radius 1 is 1.12 bits per heavy atom. The number of hydrogen-bond acceptors (Lipinski definition) is 8. The largest absolute Gasteiger partial charge is 0.480 e. The molecular formula is C29H33F3N8O. The molecule has 1 aliphatic carbocycles. The van der Waals surface area contributed by atoms with Crippen LogP contribution in [0, 0.1) is 0 Å². The molecule has 0 spiro atoms. The third-order valence-corrected chi connectivity index (χ3v) is 7.99. The van der Waals surface area contributed by atoms with Crippen molar-refractivity contribution >= 4 is 17.2 Å². The summed E-state index contributed by atoms with van der Waals surface area (Å²) in [5, 5.41) is 0. The predicted octanol–water partition coefficient (Wildman–Crippen LogP) is 5.14. The summed E-state index contributed by atoms with van der Waals surface area (Å²) in [5.74, 6) is 1.73. The number of imidazole rings is 1. The molecule has 5 heterocycles. The van der Waals surface area contributed by atoms with Crippen molar-refractivity contribution < 1.29 is 17.9 Å². The van der Waals surface area contributed by atoms with Gasteiger partial charge in [0, 0.05) is 60.7 Å². The van der Waals surface area contributed by atoms with E-state index in [1.54, 1.807) is 26.4 Å². The van der Waals surface area contributed by atoms with Gasteiger partial charge in [-0.2, -0.15) is 13.2 Å². The number of nitrogens with two attached hydrogens (primary N) is 1. The van der Waals surface area contributed by atoms with Crippen LogP contribution in [0.1, 0.15) is 68.8 Å². The van der Waals surface area contributed by atoms with Crippen LogP contribution >= 0.6 is 0 Å². The number of pyridine rings is 1. The predicted molar refractivity (Wildman–Crippen MR) is 150 cm³/mol. The Morgan fingerprint density at radius 3 is 2.51 bits per heavy atom. The molecule has 2 bridgehead atoms. The monoisotopic (exact) mass is 566 g/mol. The second-order valence-electron chi connectivity index (χ2n) is 11.2. The van der Waals surface area contributed by atoms with E-state index in [0.29, 0.717) is 29.5 Å². The summed E-state index contributed by atoms with van der Waals surface area (Å²) in [6.45, 7) is 4.11. The average molecular weight is 567 g/mol. The van der Waals surface area contributed by atoms with Gasteiger partial charge in [-0.25, -0.2) is 19.9 Å². The number of aryl methyl sites for hydroxylation is 1. The van der Waals surface area contributed by atoms with Crippen LogP contribution < -0.4 is 15.4 Å². The van der Waals surface area contributed by atoms with Crippen LogP contribution in [-0.2, 0) is 13.2 Å². The molecular weight excluding hydrogens is 533 g/mol. The van der Waals surface area contributed by atoms with Crippen LogP contribution in [-0.4, -0.2) is 55.5 Å². The van der Waals surface area contributed by atoms with Crippen LogP contribution in [0.15, 0.2) is 41.4 Å². The van der Waals surface area contributed by atoms with Gasteiger partial charge in [-0.15, -0.1) is 0 Å². The molecule has 0 aromatic carbocycles. The number of ether oxygens (including phenoxy) is 1. The zero-order valence-electron chi connectivity index (χ0n) is 23.5. The highest BCUT2D eigenvalue weighted by atomic mass is 19.4. The van der Waals surface area contributed by atoms with Gasteiger partial charge in [-0.1, -0.05) is 0 Å². The van der Waals surface area contributed by atoms with Gasteiger partial charge in [0.25, 0.3) is 0 Å². The molecule has 216 valence electrons. The molecule has 12 heteroatoms. The first-order valence-corrected chi connectivity index (χ1v) is 13.9. The summed E-state index contributed by atoms with van der Waals surface area (Å²) in [5.41, 5.74) is 10.8. The summed E-state index contributed by atoms with van der Waals surface area (Å²) in [7, 11) is 3.14. The number of rotatable bonds is 6. The van der Waals surface area contributed by atoms with E-state index in [9.17, 15) is 13.2 Å². The fourth-order valence-electron chi connectivity index (χ4n) is 6.14. The number of piperidine rings is 1. The van der Waals surface area contributed by atoms with Gasteiger partial charge >= 0.3 is 6.18 Å². The fourth-order valence-corrected chi connectivity index (χ4v) is 6.14. The molecule has 1 saturated carbocycles. The number of hydrogen-bond donors (Lipinski definition) is 1. The summed E-state index contributed by atoms with van der Waals surface area (Å²) >= 11 is 0. The van der Waals surface area contributed by atoms with E-state index in [1.807, 2.05) is 6.07 Å². The maximum atomic E-state index is 13.2. The molecule has 2 atom stereocenters. The zero-order valence-corrected chi connectivity index (χ0v) is 23.5. The molecule has 2 N–H and O–H groups in total. The lowest BCUT2D eigenvalue weighted by Gasteiger charge is -2.39. The minimum absolute atomic E-state index is 0.0773. The van der Waals surface area contributed by atoms with Gasteiger partial charge in [-0.05, 0) is 51.7 Å². The highest BCUT2D eigenvalue weighted by Gasteiger charge is 2.45. The van der Waals surface area contributed by atoms with Gasteiger partial charge in [0.15, 0.2) is 5.69 Å². The number of aromatic nitrogens is 5. The SMILES string of the molecule is COc1ncnc(C2CC2)c1/C(N)=C1/C(=NC(C)C)CC2CCC1N2c1ccc(-c2nc(C(F)(F)F)cn2C)cn1. The van der Waals surface area contributed by atoms with E-state index in [2.05, 4.69) is 33.7 Å². The van der Waals surface area contributed by atoms with Crippen LogP contribution in [0.25, 0.3) is 17.1 Å². The van der Waals surface area contributed by atoms with E-state index in [-0.39, 0.29) is 23.9 Å². The lowest BCUT2D eigenvalue weighted by Crippen LogP contribution is -2.46. The minimum Gasteiger partial charge on any atom is -0.480 e. The maximum Gasteiger partial charge on any atom is 0.434 e. The maximum absolute atomic E-state index is 13.2. The molecule has 3 aliphatic rings. The molecule has 3 fully saturated rings. The highest BCUT2D eigenvalue weighted by molar-refractivity contribution is 6.10. The first-order valence-electron chi connectivity index (χ1n) is 13.9. The zero-order chi connectivity index (χ0) is 29.1. The lowest BCUT2D eigenvalue weighted by atomic mass is 9.89. The van der Waals surface area contributed by atoms with Crippen molar-refractivity contribution in [2.45, 2.75) is 76.2 Å². The Balaban J connectivity index is 1.41. The Kier molecular flexibility index (Phi) is 6.74. The van der Waals surface area contributed by atoms with Gasteiger partial charge in [-0.3, -0.25) is 4.99 Å². The molecule has 9 nitrogen and oxygen atoms in total. The Hall–Kier alpha value is -3.96. The van der Waals surface area contributed by atoms with Crippen LogP contribution in [0.5, 0.6) is 5.88 Å². The van der Waals surface area contributed by atoms with Crippen molar-refractivity contribution in [2.24, 2.45) is 17.8 Å². The number of nitrogens with zero attached hydrogens (tertiary/aromatic N) is 7. The average Bonchev–Trinajstić information content (AvgIpc) is 3.63. The molecule has 0 radical (unpaired) electrons. The van der Waals surface area contributed by atoms with Crippen molar-refractivity contribution in [3.63, 3.8) is 0 Å². The topological polar surface area (TPSA) is 107 Å². The van der Waals surface area contributed by atoms with Crippen LogP contribution in [0.3, 0.4) is 0 Å². The molecule has 6 rings (SSSR count). The molecule has 2 aliphatic heterocycles. The van der Waals surface area contributed by atoms with Crippen molar-refractivity contribution in [3.8, 4) is 17.3 Å². The Bertz CT molecular complexity index is 1520. The normalized spacial score (nSPS) is 23.0. The van der Waals surface area contributed by atoms with Gasteiger partial charge < -0.3 is 19.9 Å². The molecule has 2 saturated heterocycles. The quantitative estimate of drug-likeness (QED) is 0.440. The van der Waals surface area contributed by atoms with E-state index < -0.39 is 11.9 Å². The van der Waals surface area contributed by atoms with Gasteiger partial charge in [0.2, 0.25) is 5.88 Å². The van der Waals surface area contributed by atoms with Crippen LogP contribution in [0.2, 0.25) is 0 Å². The third-order valence-electron chi connectivity index (χ3n) is 7.99. The highest BCUT2D eigenvalue weighted by Crippen LogP contribution is 2.47. The van der Waals surface area contributed by atoms with Crippen LogP contribution in [0.4, 0.5) is 19.0 Å². The van der Waals surface area contributed by atoms with Crippen molar-refractivity contribution in [3.05, 3.63) is 53.4 Å². The van der Waals surface area contributed by atoms with Crippen molar-refractivity contribution in [1.29, 1.82) is 0 Å². The molecule has 2 unspecified atom stereocenters. The smallest absolute Gasteiger partial charge is 0.434 e. The van der Waals surface area contributed by atoms with E-state index in [4.69, 9.17) is 20.4 Å².